The molecule has 2 rings (SSSR count). The summed E-state index contributed by atoms with van der Waals surface area (Å²) in [4.78, 5) is 0. The number of halogens is 1. The molecule has 8 nitrogen and oxygen atoms in total. The van der Waals surface area contributed by atoms with Gasteiger partial charge >= 0.3 is 119 Å². The van der Waals surface area contributed by atoms with Gasteiger partial charge in [0, 0.05) is 0 Å². The standard InChI is InChI=1S/C10H11IN5O3/c1-18-7-4-2-6(3-5-7)13-10(14-11-17)8-9(12)16-19-15-8/h2-5,17H,1H3,(H2,12,16)(H,13,14)/q-1. The Balaban J connectivity index is 2.22. The van der Waals surface area contributed by atoms with Crippen molar-refractivity contribution in [2.45, 2.75) is 0 Å². The molecule has 4 N–H and O–H groups in total. The molecule has 0 saturated carbocycles. The molecule has 2 aromatic rings. The first-order valence-corrected chi connectivity index (χ1v) is 7.03. The molecule has 1 aromatic carbocycles. The molecule has 1 heterocycles. The second-order valence-electron chi connectivity index (χ2n) is 3.36. The van der Waals surface area contributed by atoms with Crippen molar-refractivity contribution in [1.29, 1.82) is 0 Å². The molecular formula is C10H11IN5O3-. The Bertz CT molecular complexity index is 569. The molecule has 102 valence electrons. The van der Waals surface area contributed by atoms with Gasteiger partial charge in [0.05, 0.1) is 0 Å². The maximum absolute atomic E-state index is 9.03. The average molecular weight is 376 g/mol. The topological polar surface area (TPSA) is 119 Å². The summed E-state index contributed by atoms with van der Waals surface area (Å²) in [6.45, 7) is 0. The molecule has 0 fully saturated rings. The molecule has 0 aliphatic heterocycles. The summed E-state index contributed by atoms with van der Waals surface area (Å²) in [5.41, 5.74) is 6.61. The fourth-order valence-corrected chi connectivity index (χ4v) is 1.89. The van der Waals surface area contributed by atoms with E-state index in [1.807, 2.05) is 0 Å². The van der Waals surface area contributed by atoms with E-state index in [4.69, 9.17) is 13.9 Å². The van der Waals surface area contributed by atoms with Gasteiger partial charge in [-0.05, 0) is 0 Å². The van der Waals surface area contributed by atoms with Crippen LogP contribution in [0.4, 0.5) is 11.5 Å². The zero-order chi connectivity index (χ0) is 13.7. The normalized spacial score (nSPS) is 11.6. The summed E-state index contributed by atoms with van der Waals surface area (Å²) < 4.78 is 22.6. The molecule has 0 bridgehead atoms. The van der Waals surface area contributed by atoms with Gasteiger partial charge in [0.25, 0.3) is 0 Å². The van der Waals surface area contributed by atoms with Crippen molar-refractivity contribution < 1.29 is 34.7 Å². The van der Waals surface area contributed by atoms with E-state index in [9.17, 15) is 0 Å². The second kappa shape index (κ2) is 6.33. The van der Waals surface area contributed by atoms with E-state index in [-0.39, 0.29) is 11.5 Å². The molecule has 0 saturated heterocycles. The zero-order valence-electron chi connectivity index (χ0n) is 9.87. The zero-order valence-corrected chi connectivity index (χ0v) is 12.0. The van der Waals surface area contributed by atoms with Gasteiger partial charge < -0.3 is 0 Å². The van der Waals surface area contributed by atoms with Crippen LogP contribution in [-0.4, -0.2) is 26.7 Å². The van der Waals surface area contributed by atoms with Gasteiger partial charge in [-0.1, -0.05) is 0 Å². The Morgan fingerprint density at radius 2 is 2.16 bits per heavy atom. The van der Waals surface area contributed by atoms with Crippen molar-refractivity contribution in [3.63, 3.8) is 0 Å². The van der Waals surface area contributed by atoms with Crippen LogP contribution in [0.2, 0.25) is 0 Å². The Labute approximate surface area is 119 Å². The number of anilines is 2. The third kappa shape index (κ3) is 3.32. The fourth-order valence-electron chi connectivity index (χ4n) is 1.33. The van der Waals surface area contributed by atoms with Crippen molar-refractivity contribution in [1.82, 2.24) is 10.3 Å². The Kier molecular flexibility index (Phi) is 4.52. The van der Waals surface area contributed by atoms with Crippen LogP contribution in [-0.2, 0) is 0 Å². The molecule has 0 aliphatic rings. The van der Waals surface area contributed by atoms with Gasteiger partial charge in [-0.3, -0.25) is 0 Å². The van der Waals surface area contributed by atoms with Crippen LogP contribution >= 0.6 is 0 Å². The number of rotatable bonds is 4. The summed E-state index contributed by atoms with van der Waals surface area (Å²) >= 11 is -1.32. The van der Waals surface area contributed by atoms with Gasteiger partial charge in [-0.25, -0.2) is 0 Å². The first kappa shape index (κ1) is 13.5. The number of aromatic nitrogens is 2. The SMILES string of the molecule is COc1ccc(NC(=N[I-]O)c2nonc2N)cc1. The molecule has 0 amide bonds. The number of amidine groups is 1. The summed E-state index contributed by atoms with van der Waals surface area (Å²) in [6, 6.07) is 7.18. The van der Waals surface area contributed by atoms with Crippen LogP contribution in [0.25, 0.3) is 0 Å². The van der Waals surface area contributed by atoms with E-state index in [1.54, 1.807) is 31.4 Å². The Hall–Kier alpha value is -1.88. The van der Waals surface area contributed by atoms with Crippen LogP contribution in [0.1, 0.15) is 5.69 Å². The second-order valence-corrected chi connectivity index (χ2v) is 4.27. The number of nitrogens with zero attached hydrogens (tertiary/aromatic N) is 3. The molecule has 19 heavy (non-hydrogen) atoms. The van der Waals surface area contributed by atoms with Crippen LogP contribution in [0, 0.1) is 0 Å². The summed E-state index contributed by atoms with van der Waals surface area (Å²) in [7, 11) is 1.59. The van der Waals surface area contributed by atoms with E-state index in [0.29, 0.717) is 5.84 Å². The number of benzene rings is 1. The van der Waals surface area contributed by atoms with Gasteiger partial charge in [-0.15, -0.1) is 0 Å². The summed E-state index contributed by atoms with van der Waals surface area (Å²) in [5.74, 6) is 1.16. The van der Waals surface area contributed by atoms with E-state index in [2.05, 4.69) is 23.5 Å². The van der Waals surface area contributed by atoms with Crippen molar-refractivity contribution in [2.24, 2.45) is 3.21 Å². The Morgan fingerprint density at radius 1 is 1.42 bits per heavy atom. The van der Waals surface area contributed by atoms with Gasteiger partial charge in [0.15, 0.2) is 0 Å². The van der Waals surface area contributed by atoms with Crippen LogP contribution < -0.4 is 37.7 Å². The monoisotopic (exact) mass is 376 g/mol. The minimum atomic E-state index is -1.32. The van der Waals surface area contributed by atoms with Crippen molar-refractivity contribution in [2.75, 3.05) is 18.2 Å². The molecule has 0 spiro atoms. The fraction of sp³-hybridized carbons (Fsp3) is 0.100. The molecular weight excluding hydrogens is 365 g/mol. The van der Waals surface area contributed by atoms with Crippen LogP contribution in [0.5, 0.6) is 5.75 Å². The number of hydrogen-bond donors (Lipinski definition) is 3. The van der Waals surface area contributed by atoms with Gasteiger partial charge in [0.2, 0.25) is 0 Å². The number of hydrogen-bond acceptors (Lipinski definition) is 7. The van der Waals surface area contributed by atoms with Gasteiger partial charge in [-0.2, -0.15) is 0 Å². The van der Waals surface area contributed by atoms with Crippen molar-refractivity contribution in [3.05, 3.63) is 30.0 Å². The van der Waals surface area contributed by atoms with Crippen molar-refractivity contribution >= 4 is 17.3 Å². The maximum atomic E-state index is 9.03. The number of methoxy groups -OCH3 is 1. The van der Waals surface area contributed by atoms with Gasteiger partial charge in [0.1, 0.15) is 0 Å². The summed E-state index contributed by atoms with van der Waals surface area (Å²) in [6.07, 6.45) is 0. The van der Waals surface area contributed by atoms with Crippen LogP contribution in [0.15, 0.2) is 32.1 Å². The first-order valence-electron chi connectivity index (χ1n) is 5.10. The number of nitrogen functional groups attached to an aromatic ring is 1. The number of nitrogens with one attached hydrogen (secondary N) is 1. The van der Waals surface area contributed by atoms with E-state index < -0.39 is 21.9 Å². The van der Waals surface area contributed by atoms with E-state index in [1.165, 1.54) is 0 Å². The predicted molar refractivity (Wildman–Crippen MR) is 64.1 cm³/mol. The van der Waals surface area contributed by atoms with E-state index >= 15 is 0 Å². The number of nitrogens with two attached hydrogens (primary N) is 1. The van der Waals surface area contributed by atoms with E-state index in [0.717, 1.165) is 11.4 Å². The Morgan fingerprint density at radius 3 is 2.68 bits per heavy atom. The molecule has 0 radical (unpaired) electrons. The first-order chi connectivity index (χ1) is 9.24. The number of ether oxygens (including phenoxy) is 1. The molecule has 0 unspecified atom stereocenters. The third-order valence-corrected chi connectivity index (χ3v) is 2.91. The molecule has 9 heteroatoms. The molecule has 1 aromatic heterocycles. The van der Waals surface area contributed by atoms with Crippen LogP contribution in [0.3, 0.4) is 0 Å². The van der Waals surface area contributed by atoms with Crippen molar-refractivity contribution in [3.8, 4) is 5.75 Å². The average Bonchev–Trinajstić information content (AvgIpc) is 2.85. The quantitative estimate of drug-likeness (QED) is 0.305. The predicted octanol–water partition coefficient (Wildman–Crippen LogP) is -2.57. The molecule has 0 atom stereocenters. The minimum absolute atomic E-state index is 0.109. The third-order valence-electron chi connectivity index (χ3n) is 2.21. The summed E-state index contributed by atoms with van der Waals surface area (Å²) in [5, 5.41) is 10.1. The molecule has 0 aliphatic carbocycles.